The summed E-state index contributed by atoms with van der Waals surface area (Å²) in [5, 5.41) is 2.76. The summed E-state index contributed by atoms with van der Waals surface area (Å²) < 4.78 is 15.8. The summed E-state index contributed by atoms with van der Waals surface area (Å²) in [6.07, 6.45) is 2.26. The van der Waals surface area contributed by atoms with Crippen LogP contribution < -0.4 is 14.8 Å². The summed E-state index contributed by atoms with van der Waals surface area (Å²) in [5.74, 6) is 1.18. The first-order valence-electron chi connectivity index (χ1n) is 6.73. The van der Waals surface area contributed by atoms with E-state index in [1.165, 1.54) is 7.11 Å². The molecule has 6 nitrogen and oxygen atoms in total. The van der Waals surface area contributed by atoms with Crippen LogP contribution >= 0.6 is 0 Å². The monoisotopic (exact) mass is 303 g/mol. The van der Waals surface area contributed by atoms with Crippen molar-refractivity contribution in [1.29, 1.82) is 0 Å². The van der Waals surface area contributed by atoms with Gasteiger partial charge in [0, 0.05) is 5.56 Å². The Balaban J connectivity index is 1.92. The molecule has 1 aromatic carbocycles. The fourth-order valence-electron chi connectivity index (χ4n) is 1.91. The predicted octanol–water partition coefficient (Wildman–Crippen LogP) is 2.36. The van der Waals surface area contributed by atoms with Gasteiger partial charge in [0.05, 0.1) is 19.4 Å². The van der Waals surface area contributed by atoms with Gasteiger partial charge in [0.15, 0.2) is 18.1 Å². The summed E-state index contributed by atoms with van der Waals surface area (Å²) in [6, 6.07) is 8.03. The van der Waals surface area contributed by atoms with Gasteiger partial charge in [0.2, 0.25) is 0 Å². The fourth-order valence-corrected chi connectivity index (χ4v) is 1.91. The van der Waals surface area contributed by atoms with Crippen LogP contribution in [0.4, 0.5) is 0 Å². The lowest BCUT2D eigenvalue weighted by molar-refractivity contribution is -0.123. The fraction of sp³-hybridized carbons (Fsp3) is 0.250. The summed E-state index contributed by atoms with van der Waals surface area (Å²) >= 11 is 0. The van der Waals surface area contributed by atoms with E-state index in [4.69, 9.17) is 13.9 Å². The van der Waals surface area contributed by atoms with Crippen molar-refractivity contribution in [3.8, 4) is 11.5 Å². The minimum Gasteiger partial charge on any atom is -0.493 e. The SMILES string of the molecule is COc1cc(C=O)ccc1OCC(=O)NC(C)c1ccco1. The second-order valence-electron chi connectivity index (χ2n) is 4.62. The van der Waals surface area contributed by atoms with Gasteiger partial charge in [0.25, 0.3) is 5.91 Å². The number of methoxy groups -OCH3 is 1. The summed E-state index contributed by atoms with van der Waals surface area (Å²) in [4.78, 5) is 22.6. The minimum absolute atomic E-state index is 0.165. The van der Waals surface area contributed by atoms with E-state index in [1.807, 2.05) is 6.92 Å². The molecule has 2 aromatic rings. The van der Waals surface area contributed by atoms with Crippen molar-refractivity contribution < 1.29 is 23.5 Å². The van der Waals surface area contributed by atoms with E-state index in [1.54, 1.807) is 36.6 Å². The molecule has 1 N–H and O–H groups in total. The molecule has 1 amide bonds. The second kappa shape index (κ2) is 7.31. The molecule has 0 spiro atoms. The maximum atomic E-state index is 11.9. The Labute approximate surface area is 128 Å². The number of hydrogen-bond acceptors (Lipinski definition) is 5. The van der Waals surface area contributed by atoms with E-state index in [2.05, 4.69) is 5.32 Å². The predicted molar refractivity (Wildman–Crippen MR) is 79.1 cm³/mol. The van der Waals surface area contributed by atoms with Crippen LogP contribution in [0.5, 0.6) is 11.5 Å². The van der Waals surface area contributed by atoms with Crippen LogP contribution in [0, 0.1) is 0 Å². The third-order valence-corrected chi connectivity index (χ3v) is 3.03. The number of hydrogen-bond donors (Lipinski definition) is 1. The Bertz CT molecular complexity index is 636. The van der Waals surface area contributed by atoms with E-state index in [-0.39, 0.29) is 18.6 Å². The number of amides is 1. The molecule has 116 valence electrons. The molecule has 6 heteroatoms. The van der Waals surface area contributed by atoms with Crippen molar-refractivity contribution in [2.75, 3.05) is 13.7 Å². The van der Waals surface area contributed by atoms with E-state index < -0.39 is 0 Å². The largest absolute Gasteiger partial charge is 0.493 e. The highest BCUT2D eigenvalue weighted by Gasteiger charge is 2.13. The molecular formula is C16H17NO5. The van der Waals surface area contributed by atoms with Gasteiger partial charge in [-0.05, 0) is 37.3 Å². The van der Waals surface area contributed by atoms with Crippen molar-refractivity contribution in [3.63, 3.8) is 0 Å². The molecule has 0 fully saturated rings. The molecule has 2 rings (SSSR count). The zero-order chi connectivity index (χ0) is 15.9. The lowest BCUT2D eigenvalue weighted by Gasteiger charge is -2.13. The van der Waals surface area contributed by atoms with E-state index in [9.17, 15) is 9.59 Å². The lowest BCUT2D eigenvalue weighted by Crippen LogP contribution is -2.31. The van der Waals surface area contributed by atoms with E-state index in [0.717, 1.165) is 0 Å². The van der Waals surface area contributed by atoms with Crippen molar-refractivity contribution in [1.82, 2.24) is 5.32 Å². The molecule has 0 aliphatic heterocycles. The minimum atomic E-state index is -0.287. The van der Waals surface area contributed by atoms with Gasteiger partial charge in [-0.15, -0.1) is 0 Å². The van der Waals surface area contributed by atoms with Crippen molar-refractivity contribution in [2.24, 2.45) is 0 Å². The van der Waals surface area contributed by atoms with Gasteiger partial charge in [-0.25, -0.2) is 0 Å². The first-order valence-corrected chi connectivity index (χ1v) is 6.73. The van der Waals surface area contributed by atoms with Crippen LogP contribution in [0.25, 0.3) is 0 Å². The highest BCUT2D eigenvalue weighted by atomic mass is 16.5. The molecule has 1 atom stereocenters. The molecule has 0 saturated carbocycles. The number of benzene rings is 1. The van der Waals surface area contributed by atoms with E-state index in [0.29, 0.717) is 29.1 Å². The average Bonchev–Trinajstić information content (AvgIpc) is 3.07. The Hall–Kier alpha value is -2.76. The van der Waals surface area contributed by atoms with Gasteiger partial charge >= 0.3 is 0 Å². The van der Waals surface area contributed by atoms with Gasteiger partial charge < -0.3 is 19.2 Å². The molecule has 1 unspecified atom stereocenters. The number of aldehydes is 1. The molecule has 0 bridgehead atoms. The first-order chi connectivity index (χ1) is 10.6. The molecular weight excluding hydrogens is 286 g/mol. The summed E-state index contributed by atoms with van der Waals surface area (Å²) in [7, 11) is 1.47. The number of carbonyl (C=O) groups excluding carboxylic acids is 2. The molecule has 0 radical (unpaired) electrons. The third kappa shape index (κ3) is 3.88. The van der Waals surface area contributed by atoms with Crippen molar-refractivity contribution in [3.05, 3.63) is 47.9 Å². The molecule has 22 heavy (non-hydrogen) atoms. The normalized spacial score (nSPS) is 11.5. The van der Waals surface area contributed by atoms with Crippen LogP contribution in [0.3, 0.4) is 0 Å². The van der Waals surface area contributed by atoms with Gasteiger partial charge in [-0.2, -0.15) is 0 Å². The number of ether oxygens (including phenoxy) is 2. The zero-order valence-electron chi connectivity index (χ0n) is 12.4. The molecule has 0 saturated heterocycles. The average molecular weight is 303 g/mol. The van der Waals surface area contributed by atoms with Gasteiger partial charge in [-0.3, -0.25) is 9.59 Å². The smallest absolute Gasteiger partial charge is 0.258 e. The molecule has 1 heterocycles. The van der Waals surface area contributed by atoms with Crippen molar-refractivity contribution in [2.45, 2.75) is 13.0 Å². The van der Waals surface area contributed by atoms with Crippen LogP contribution in [0.15, 0.2) is 41.0 Å². The van der Waals surface area contributed by atoms with Crippen LogP contribution in [0.2, 0.25) is 0 Å². The highest BCUT2D eigenvalue weighted by Crippen LogP contribution is 2.27. The van der Waals surface area contributed by atoms with Crippen LogP contribution in [0.1, 0.15) is 29.1 Å². The maximum Gasteiger partial charge on any atom is 0.258 e. The quantitative estimate of drug-likeness (QED) is 0.794. The molecule has 1 aromatic heterocycles. The molecule has 0 aliphatic rings. The second-order valence-corrected chi connectivity index (χ2v) is 4.62. The number of rotatable bonds is 7. The van der Waals surface area contributed by atoms with E-state index >= 15 is 0 Å². The standard InChI is InChI=1S/C16H17NO5/c1-11(13-4-3-7-21-13)17-16(19)10-22-14-6-5-12(9-18)8-15(14)20-2/h3-9,11H,10H2,1-2H3,(H,17,19). The maximum absolute atomic E-state index is 11.9. The topological polar surface area (TPSA) is 77.8 Å². The lowest BCUT2D eigenvalue weighted by atomic mass is 10.2. The summed E-state index contributed by atoms with van der Waals surface area (Å²) in [6.45, 7) is 1.65. The third-order valence-electron chi connectivity index (χ3n) is 3.03. The van der Waals surface area contributed by atoms with Crippen LogP contribution in [-0.2, 0) is 4.79 Å². The highest BCUT2D eigenvalue weighted by molar-refractivity contribution is 5.78. The summed E-state index contributed by atoms with van der Waals surface area (Å²) in [5.41, 5.74) is 0.472. The van der Waals surface area contributed by atoms with Gasteiger partial charge in [0.1, 0.15) is 12.0 Å². The number of furan rings is 1. The van der Waals surface area contributed by atoms with Crippen molar-refractivity contribution >= 4 is 12.2 Å². The van der Waals surface area contributed by atoms with Crippen LogP contribution in [-0.4, -0.2) is 25.9 Å². The zero-order valence-corrected chi connectivity index (χ0v) is 12.4. The first kappa shape index (κ1) is 15.6. The Morgan fingerprint density at radius 3 is 2.82 bits per heavy atom. The van der Waals surface area contributed by atoms with Gasteiger partial charge in [-0.1, -0.05) is 0 Å². The Morgan fingerprint density at radius 2 is 2.18 bits per heavy atom. The Kier molecular flexibility index (Phi) is 5.19. The number of carbonyl (C=O) groups is 2. The number of nitrogens with one attached hydrogen (secondary N) is 1. The Morgan fingerprint density at radius 1 is 1.36 bits per heavy atom. The molecule has 0 aliphatic carbocycles.